The van der Waals surface area contributed by atoms with Crippen molar-refractivity contribution < 1.29 is 23.1 Å². The molecule has 0 aliphatic carbocycles. The normalized spacial score (nSPS) is 30.6. The lowest BCUT2D eigenvalue weighted by Crippen LogP contribution is -2.65. The summed E-state index contributed by atoms with van der Waals surface area (Å²) in [6.45, 7) is 13.8. The molecule has 6 atom stereocenters. The maximum absolute atomic E-state index is 6.82. The number of fused-ring (bicyclic) bond motifs is 1. The smallest absolute Gasteiger partial charge is 0.184 e. The zero-order valence-electron chi connectivity index (χ0n) is 20.4. The number of thioether (sulfide) groups is 1. The van der Waals surface area contributed by atoms with Gasteiger partial charge in [-0.2, -0.15) is 0 Å². The second-order valence-electron chi connectivity index (χ2n) is 10.5. The van der Waals surface area contributed by atoms with Gasteiger partial charge in [0.1, 0.15) is 29.9 Å². The van der Waals surface area contributed by atoms with E-state index in [1.807, 2.05) is 36.4 Å². The SMILES string of the molecule is C[Si](C)(C)O[C@@H]1[C@@H](O[Si](C)(C)C)[C@H](Sc2ccccc2)O[C@@H]2CO[C@@H](c3ccccc3)O[C@@H]12. The second kappa shape index (κ2) is 10.3. The van der Waals surface area contributed by atoms with Crippen LogP contribution in [0.5, 0.6) is 0 Å². The number of hydrogen-bond donors (Lipinski definition) is 0. The highest BCUT2D eigenvalue weighted by atomic mass is 32.2. The summed E-state index contributed by atoms with van der Waals surface area (Å²) >= 11 is 1.70. The molecule has 180 valence electrons. The minimum absolute atomic E-state index is 0.206. The molecule has 4 rings (SSSR count). The first-order chi connectivity index (χ1) is 15.6. The third-order valence-corrected chi connectivity index (χ3v) is 8.44. The van der Waals surface area contributed by atoms with Crippen LogP contribution in [0.1, 0.15) is 11.9 Å². The molecule has 0 amide bonds. The molecule has 0 bridgehead atoms. The molecule has 0 aromatic heterocycles. The summed E-state index contributed by atoms with van der Waals surface area (Å²) in [5, 5.41) is 0. The van der Waals surface area contributed by atoms with Gasteiger partial charge >= 0.3 is 0 Å². The Morgan fingerprint density at radius 1 is 0.758 bits per heavy atom. The van der Waals surface area contributed by atoms with Crippen LogP contribution >= 0.6 is 11.8 Å². The summed E-state index contributed by atoms with van der Waals surface area (Å²) in [4.78, 5) is 1.15. The van der Waals surface area contributed by atoms with E-state index in [0.29, 0.717) is 6.61 Å². The second-order valence-corrected chi connectivity index (χ2v) is 20.6. The highest BCUT2D eigenvalue weighted by Crippen LogP contribution is 2.42. The van der Waals surface area contributed by atoms with Gasteiger partial charge in [-0.15, -0.1) is 0 Å². The predicted octanol–water partition coefficient (Wildman–Crippen LogP) is 6.06. The highest BCUT2D eigenvalue weighted by molar-refractivity contribution is 7.99. The fourth-order valence-corrected chi connectivity index (χ4v) is 7.51. The molecule has 0 spiro atoms. The molecule has 0 radical (unpaired) electrons. The zero-order valence-corrected chi connectivity index (χ0v) is 23.2. The Bertz CT molecular complexity index is 887. The number of benzene rings is 2. The van der Waals surface area contributed by atoms with Crippen molar-refractivity contribution in [2.24, 2.45) is 0 Å². The molecule has 2 aromatic rings. The van der Waals surface area contributed by atoms with Crippen LogP contribution in [-0.2, 0) is 23.1 Å². The van der Waals surface area contributed by atoms with E-state index in [9.17, 15) is 0 Å². The quantitative estimate of drug-likeness (QED) is 0.427. The molecule has 0 unspecified atom stereocenters. The lowest BCUT2D eigenvalue weighted by molar-refractivity contribution is -0.314. The lowest BCUT2D eigenvalue weighted by Gasteiger charge is -2.51. The summed E-state index contributed by atoms with van der Waals surface area (Å²) in [5.74, 6) is 0. The summed E-state index contributed by atoms with van der Waals surface area (Å²) in [6, 6.07) is 20.4. The predicted molar refractivity (Wildman–Crippen MR) is 137 cm³/mol. The fourth-order valence-electron chi connectivity index (χ4n) is 4.13. The molecule has 33 heavy (non-hydrogen) atoms. The molecule has 5 nitrogen and oxygen atoms in total. The third kappa shape index (κ3) is 6.79. The van der Waals surface area contributed by atoms with Gasteiger partial charge < -0.3 is 23.1 Å². The van der Waals surface area contributed by atoms with Gasteiger partial charge in [0.2, 0.25) is 0 Å². The van der Waals surface area contributed by atoms with Crippen molar-refractivity contribution in [1.29, 1.82) is 0 Å². The van der Waals surface area contributed by atoms with Crippen molar-refractivity contribution >= 4 is 28.4 Å². The first-order valence-corrected chi connectivity index (χ1v) is 19.3. The third-order valence-electron chi connectivity index (χ3n) is 5.33. The van der Waals surface area contributed by atoms with E-state index in [-0.39, 0.29) is 29.9 Å². The van der Waals surface area contributed by atoms with Gasteiger partial charge in [-0.3, -0.25) is 0 Å². The van der Waals surface area contributed by atoms with E-state index < -0.39 is 22.9 Å². The van der Waals surface area contributed by atoms with Crippen molar-refractivity contribution in [3.63, 3.8) is 0 Å². The molecule has 2 aliphatic heterocycles. The average Bonchev–Trinajstić information content (AvgIpc) is 2.75. The van der Waals surface area contributed by atoms with E-state index in [2.05, 4.69) is 63.5 Å². The minimum Gasteiger partial charge on any atom is -0.409 e. The summed E-state index contributed by atoms with van der Waals surface area (Å²) < 4.78 is 32.9. The van der Waals surface area contributed by atoms with Crippen molar-refractivity contribution in [3.05, 3.63) is 66.2 Å². The van der Waals surface area contributed by atoms with Crippen LogP contribution in [0, 0.1) is 0 Å². The number of ether oxygens (including phenoxy) is 3. The summed E-state index contributed by atoms with van der Waals surface area (Å²) in [5.41, 5.74) is 0.799. The first kappa shape index (κ1) is 25.1. The van der Waals surface area contributed by atoms with E-state index in [4.69, 9.17) is 23.1 Å². The van der Waals surface area contributed by atoms with Gasteiger partial charge in [-0.1, -0.05) is 60.3 Å². The van der Waals surface area contributed by atoms with Crippen LogP contribution < -0.4 is 0 Å². The van der Waals surface area contributed by atoms with Gasteiger partial charge in [-0.05, 0) is 51.4 Å². The van der Waals surface area contributed by atoms with Crippen molar-refractivity contribution in [1.82, 2.24) is 0 Å². The lowest BCUT2D eigenvalue weighted by atomic mass is 9.99. The van der Waals surface area contributed by atoms with Crippen molar-refractivity contribution in [2.45, 2.75) is 80.3 Å². The first-order valence-electron chi connectivity index (χ1n) is 11.6. The van der Waals surface area contributed by atoms with Gasteiger partial charge in [0.25, 0.3) is 0 Å². The molecular formula is C25H36O5SSi2. The summed E-state index contributed by atoms with van der Waals surface area (Å²) in [7, 11) is -3.81. The van der Waals surface area contributed by atoms with Crippen LogP contribution in [0.3, 0.4) is 0 Å². The zero-order chi connectivity index (χ0) is 23.6. The van der Waals surface area contributed by atoms with Gasteiger partial charge in [-0.25, -0.2) is 0 Å². The van der Waals surface area contributed by atoms with Crippen molar-refractivity contribution in [2.75, 3.05) is 6.61 Å². The molecule has 0 N–H and O–H groups in total. The molecule has 2 heterocycles. The number of hydrogen-bond acceptors (Lipinski definition) is 6. The largest absolute Gasteiger partial charge is 0.409 e. The maximum Gasteiger partial charge on any atom is 0.184 e. The maximum atomic E-state index is 6.82. The fraction of sp³-hybridized carbons (Fsp3) is 0.520. The van der Waals surface area contributed by atoms with Crippen LogP contribution in [0.15, 0.2) is 65.6 Å². The molecular weight excluding hydrogens is 469 g/mol. The van der Waals surface area contributed by atoms with Gasteiger partial charge in [0.15, 0.2) is 22.9 Å². The van der Waals surface area contributed by atoms with Gasteiger partial charge in [0.05, 0.1) is 6.61 Å². The van der Waals surface area contributed by atoms with Gasteiger partial charge in [0, 0.05) is 10.5 Å². The van der Waals surface area contributed by atoms with Crippen molar-refractivity contribution in [3.8, 4) is 0 Å². The topological polar surface area (TPSA) is 46.2 Å². The molecule has 2 aromatic carbocycles. The highest BCUT2D eigenvalue weighted by Gasteiger charge is 2.53. The Balaban J connectivity index is 1.65. The van der Waals surface area contributed by atoms with Crippen LogP contribution in [0.4, 0.5) is 0 Å². The Morgan fingerprint density at radius 3 is 1.94 bits per heavy atom. The van der Waals surface area contributed by atoms with E-state index in [1.54, 1.807) is 11.8 Å². The summed E-state index contributed by atoms with van der Waals surface area (Å²) in [6.07, 6.45) is -1.36. The monoisotopic (exact) mass is 504 g/mol. The molecule has 2 fully saturated rings. The Hall–Kier alpha value is -0.976. The molecule has 8 heteroatoms. The Kier molecular flexibility index (Phi) is 7.87. The van der Waals surface area contributed by atoms with Crippen LogP contribution in [-0.4, -0.2) is 53.1 Å². The standard InChI is InChI=1S/C25H36O5SSi2/c1-32(2,3)29-22-21-20(17-26-24(28-21)18-13-9-7-10-14-18)27-25(23(22)30-33(4,5)6)31-19-15-11-8-12-16-19/h7-16,20-25H,17H2,1-6H3/t20-,21-,22+,23-,24-,25+/m1/s1. The number of rotatable bonds is 7. The van der Waals surface area contributed by atoms with Crippen LogP contribution in [0.2, 0.25) is 39.3 Å². The molecule has 2 aliphatic rings. The average molecular weight is 505 g/mol. The minimum atomic E-state index is -1.91. The Labute approximate surface area is 204 Å². The molecule has 0 saturated carbocycles. The molecule has 2 saturated heterocycles. The Morgan fingerprint density at radius 2 is 1.33 bits per heavy atom. The van der Waals surface area contributed by atoms with E-state index in [1.165, 1.54) is 0 Å². The van der Waals surface area contributed by atoms with Crippen LogP contribution in [0.25, 0.3) is 0 Å². The van der Waals surface area contributed by atoms with E-state index in [0.717, 1.165) is 10.5 Å². The van der Waals surface area contributed by atoms with E-state index >= 15 is 0 Å².